The molecular weight excluding hydrogens is 340 g/mol. The molecule has 2 rings (SSSR count). The fourth-order valence-corrected chi connectivity index (χ4v) is 3.13. The number of hydrogen-bond donors (Lipinski definition) is 2. The Morgan fingerprint density at radius 1 is 1.12 bits per heavy atom. The molecule has 0 aliphatic rings. The van der Waals surface area contributed by atoms with Crippen LogP contribution in [0.15, 0.2) is 36.4 Å². The largest absolute Gasteiger partial charge is 0.451 e. The number of ether oxygens (including phenoxy) is 1. The third-order valence-electron chi connectivity index (χ3n) is 3.43. The second kappa shape index (κ2) is 8.98. The summed E-state index contributed by atoms with van der Waals surface area (Å²) in [6.07, 6.45) is 1.90. The Morgan fingerprint density at radius 2 is 1.84 bits per heavy atom. The number of thiophene rings is 1. The Bertz CT molecular complexity index is 756. The van der Waals surface area contributed by atoms with Crippen LogP contribution >= 0.6 is 11.3 Å². The Kier molecular flexibility index (Phi) is 6.71. The van der Waals surface area contributed by atoms with E-state index in [1.165, 1.54) is 11.3 Å². The number of carbonyl (C=O) groups excluding carboxylic acids is 3. The lowest BCUT2D eigenvalue weighted by Crippen LogP contribution is -2.43. The summed E-state index contributed by atoms with van der Waals surface area (Å²) >= 11 is 1.35. The van der Waals surface area contributed by atoms with E-state index < -0.39 is 24.4 Å². The van der Waals surface area contributed by atoms with Crippen molar-refractivity contribution in [2.24, 2.45) is 0 Å². The van der Waals surface area contributed by atoms with Gasteiger partial charge in [-0.25, -0.2) is 4.79 Å². The van der Waals surface area contributed by atoms with Gasteiger partial charge in [0.2, 0.25) is 0 Å². The second-order valence-electron chi connectivity index (χ2n) is 5.39. The molecule has 0 fully saturated rings. The van der Waals surface area contributed by atoms with Crippen molar-refractivity contribution in [3.05, 3.63) is 57.3 Å². The first kappa shape index (κ1) is 18.7. The van der Waals surface area contributed by atoms with Gasteiger partial charge in [-0.1, -0.05) is 31.5 Å². The van der Waals surface area contributed by atoms with Crippen molar-refractivity contribution in [3.63, 3.8) is 0 Å². The molecule has 1 heterocycles. The maximum Gasteiger partial charge on any atom is 0.348 e. The number of hydrogen-bond acceptors (Lipinski definition) is 5. The van der Waals surface area contributed by atoms with E-state index in [4.69, 9.17) is 4.74 Å². The van der Waals surface area contributed by atoms with E-state index in [2.05, 4.69) is 17.8 Å². The maximum absolute atomic E-state index is 12.0. The number of aryl methyl sites for hydroxylation is 2. The zero-order valence-electron chi connectivity index (χ0n) is 14.1. The molecule has 0 atom stereocenters. The van der Waals surface area contributed by atoms with Crippen molar-refractivity contribution in [1.29, 1.82) is 0 Å². The average Bonchev–Trinajstić information content (AvgIpc) is 2.99. The highest BCUT2D eigenvalue weighted by molar-refractivity contribution is 7.14. The zero-order chi connectivity index (χ0) is 18.2. The molecule has 2 aromatic rings. The topological polar surface area (TPSA) is 84.5 Å². The molecule has 7 heteroatoms. The minimum absolute atomic E-state index is 0.414. The van der Waals surface area contributed by atoms with Crippen molar-refractivity contribution in [2.75, 3.05) is 6.61 Å². The normalized spacial score (nSPS) is 10.2. The molecule has 0 radical (unpaired) electrons. The van der Waals surface area contributed by atoms with Crippen LogP contribution in [-0.2, 0) is 16.0 Å². The lowest BCUT2D eigenvalue weighted by molar-refractivity contribution is -0.125. The van der Waals surface area contributed by atoms with E-state index in [1.807, 2.05) is 6.92 Å². The number of rotatable bonds is 6. The Balaban J connectivity index is 1.78. The quantitative estimate of drug-likeness (QED) is 0.613. The summed E-state index contributed by atoms with van der Waals surface area (Å²) in [6, 6.07) is 10.3. The van der Waals surface area contributed by atoms with Crippen molar-refractivity contribution in [2.45, 2.75) is 26.7 Å². The molecule has 0 saturated heterocycles. The van der Waals surface area contributed by atoms with Crippen LogP contribution in [0.5, 0.6) is 0 Å². The van der Waals surface area contributed by atoms with Crippen LogP contribution < -0.4 is 10.9 Å². The molecule has 0 unspecified atom stereocenters. The molecule has 0 spiro atoms. The number of nitrogens with one attached hydrogen (secondary N) is 2. The van der Waals surface area contributed by atoms with Crippen molar-refractivity contribution in [3.8, 4) is 0 Å². The average molecular weight is 360 g/mol. The second-order valence-corrected chi connectivity index (χ2v) is 6.64. The fraction of sp³-hybridized carbons (Fsp3) is 0.278. The SMILES string of the molecule is CCCc1cc(C(=O)OCC(=O)NNC(=O)c2ccccc2)sc1C. The van der Waals surface area contributed by atoms with E-state index in [1.54, 1.807) is 36.4 Å². The molecule has 2 N–H and O–H groups in total. The molecule has 0 saturated carbocycles. The van der Waals surface area contributed by atoms with Gasteiger partial charge < -0.3 is 4.74 Å². The number of amides is 2. The van der Waals surface area contributed by atoms with E-state index >= 15 is 0 Å². The summed E-state index contributed by atoms with van der Waals surface area (Å²) < 4.78 is 4.98. The van der Waals surface area contributed by atoms with Crippen molar-refractivity contribution in [1.82, 2.24) is 10.9 Å². The standard InChI is InChI=1S/C18H20N2O4S/c1-3-7-14-10-15(25-12(14)2)18(23)24-11-16(21)19-20-17(22)13-8-5-4-6-9-13/h4-6,8-10H,3,7,11H2,1-2H3,(H,19,21)(H,20,22). The van der Waals surface area contributed by atoms with Crippen LogP contribution in [0.4, 0.5) is 0 Å². The monoisotopic (exact) mass is 360 g/mol. The molecule has 2 amide bonds. The van der Waals surface area contributed by atoms with E-state index in [9.17, 15) is 14.4 Å². The number of benzene rings is 1. The highest BCUT2D eigenvalue weighted by atomic mass is 32.1. The first-order chi connectivity index (χ1) is 12.0. The predicted octanol–water partition coefficient (Wildman–Crippen LogP) is 2.63. The minimum Gasteiger partial charge on any atom is -0.451 e. The summed E-state index contributed by atoms with van der Waals surface area (Å²) in [7, 11) is 0. The van der Waals surface area contributed by atoms with Crippen LogP contribution in [0.1, 0.15) is 43.8 Å². The molecule has 1 aromatic carbocycles. The van der Waals surface area contributed by atoms with Crippen LogP contribution in [0.3, 0.4) is 0 Å². The van der Waals surface area contributed by atoms with Gasteiger partial charge in [-0.3, -0.25) is 20.4 Å². The predicted molar refractivity (Wildman–Crippen MR) is 95.4 cm³/mol. The van der Waals surface area contributed by atoms with Gasteiger partial charge in [0.15, 0.2) is 6.61 Å². The van der Waals surface area contributed by atoms with Crippen LogP contribution in [0, 0.1) is 6.92 Å². The maximum atomic E-state index is 12.0. The van der Waals surface area contributed by atoms with Crippen LogP contribution in [-0.4, -0.2) is 24.4 Å². The van der Waals surface area contributed by atoms with Crippen molar-refractivity contribution < 1.29 is 19.1 Å². The van der Waals surface area contributed by atoms with Crippen LogP contribution in [0.25, 0.3) is 0 Å². The van der Waals surface area contributed by atoms with Crippen LogP contribution in [0.2, 0.25) is 0 Å². The van der Waals surface area contributed by atoms with Gasteiger partial charge in [0.1, 0.15) is 4.88 Å². The van der Waals surface area contributed by atoms with E-state index in [-0.39, 0.29) is 0 Å². The van der Waals surface area contributed by atoms with Gasteiger partial charge in [0.25, 0.3) is 11.8 Å². The summed E-state index contributed by atoms with van der Waals surface area (Å²) in [5.41, 5.74) is 6.02. The molecule has 6 nitrogen and oxygen atoms in total. The molecular formula is C18H20N2O4S. The molecule has 25 heavy (non-hydrogen) atoms. The highest BCUT2D eigenvalue weighted by Crippen LogP contribution is 2.23. The number of carbonyl (C=O) groups is 3. The lowest BCUT2D eigenvalue weighted by Gasteiger charge is -2.07. The first-order valence-electron chi connectivity index (χ1n) is 7.92. The fourth-order valence-electron chi connectivity index (χ4n) is 2.16. The molecule has 0 aliphatic carbocycles. The van der Waals surface area contributed by atoms with E-state index in [0.29, 0.717) is 10.4 Å². The Morgan fingerprint density at radius 3 is 2.52 bits per heavy atom. The number of hydrazine groups is 1. The van der Waals surface area contributed by atoms with E-state index in [0.717, 1.165) is 23.3 Å². The lowest BCUT2D eigenvalue weighted by atomic mass is 10.1. The molecule has 0 aliphatic heterocycles. The summed E-state index contributed by atoms with van der Waals surface area (Å²) in [5.74, 6) is -1.60. The summed E-state index contributed by atoms with van der Waals surface area (Å²) in [4.78, 5) is 37.0. The van der Waals surface area contributed by atoms with Gasteiger partial charge in [-0.05, 0) is 37.1 Å². The first-order valence-corrected chi connectivity index (χ1v) is 8.73. The Hall–Kier alpha value is -2.67. The molecule has 0 bridgehead atoms. The zero-order valence-corrected chi connectivity index (χ0v) is 14.9. The van der Waals surface area contributed by atoms with Gasteiger partial charge in [0, 0.05) is 10.4 Å². The van der Waals surface area contributed by atoms with Gasteiger partial charge >= 0.3 is 5.97 Å². The minimum atomic E-state index is -0.611. The Labute approximate surface area is 150 Å². The summed E-state index contributed by atoms with van der Waals surface area (Å²) in [5, 5.41) is 0. The third-order valence-corrected chi connectivity index (χ3v) is 4.50. The highest BCUT2D eigenvalue weighted by Gasteiger charge is 2.15. The van der Waals surface area contributed by atoms with Gasteiger partial charge in [0.05, 0.1) is 0 Å². The summed E-state index contributed by atoms with van der Waals surface area (Å²) in [6.45, 7) is 3.56. The molecule has 132 valence electrons. The number of esters is 1. The smallest absolute Gasteiger partial charge is 0.348 e. The van der Waals surface area contributed by atoms with Gasteiger partial charge in [-0.15, -0.1) is 11.3 Å². The third kappa shape index (κ3) is 5.42. The van der Waals surface area contributed by atoms with Gasteiger partial charge in [-0.2, -0.15) is 0 Å². The molecule has 1 aromatic heterocycles. The van der Waals surface area contributed by atoms with Crippen molar-refractivity contribution >= 4 is 29.1 Å².